The number of benzene rings is 1. The van der Waals surface area contributed by atoms with Crippen molar-refractivity contribution in [2.45, 2.75) is 40.0 Å². The van der Waals surface area contributed by atoms with Gasteiger partial charge in [0.15, 0.2) is 0 Å². The molecule has 0 aliphatic carbocycles. The Bertz CT molecular complexity index is 682. The van der Waals surface area contributed by atoms with Crippen LogP contribution in [0.5, 0.6) is 0 Å². The Morgan fingerprint density at radius 1 is 0.963 bits per heavy atom. The third-order valence-corrected chi connectivity index (χ3v) is 4.85. The summed E-state index contributed by atoms with van der Waals surface area (Å²) in [5.74, 6) is -0.283. The fraction of sp³-hybridized carbons (Fsp3) is 0.571. The molecular weight excluding hydrogens is 342 g/mol. The molecule has 6 heteroatoms. The van der Waals surface area contributed by atoms with Gasteiger partial charge in [-0.25, -0.2) is 0 Å². The first-order valence-electron chi connectivity index (χ1n) is 9.55. The molecule has 0 spiro atoms. The molecule has 1 aliphatic rings. The van der Waals surface area contributed by atoms with Crippen LogP contribution in [0.4, 0.5) is 0 Å². The normalized spacial score (nSPS) is 15.0. The van der Waals surface area contributed by atoms with Gasteiger partial charge >= 0.3 is 0 Å². The second kappa shape index (κ2) is 8.55. The molecule has 0 saturated carbocycles. The Morgan fingerprint density at radius 2 is 1.48 bits per heavy atom. The van der Waals surface area contributed by atoms with Crippen LogP contribution in [-0.2, 0) is 15.0 Å². The van der Waals surface area contributed by atoms with E-state index in [4.69, 9.17) is 0 Å². The van der Waals surface area contributed by atoms with Crippen LogP contribution in [-0.4, -0.2) is 60.2 Å². The van der Waals surface area contributed by atoms with Gasteiger partial charge in [-0.3, -0.25) is 14.4 Å². The van der Waals surface area contributed by atoms with Crippen LogP contribution in [0.3, 0.4) is 0 Å². The minimum absolute atomic E-state index is 0.0298. The van der Waals surface area contributed by atoms with Gasteiger partial charge in [-0.05, 0) is 23.1 Å². The second-order valence-electron chi connectivity index (χ2n) is 8.37. The summed E-state index contributed by atoms with van der Waals surface area (Å²) >= 11 is 0. The number of amides is 3. The monoisotopic (exact) mass is 373 g/mol. The average Bonchev–Trinajstić information content (AvgIpc) is 2.64. The average molecular weight is 373 g/mol. The quantitative estimate of drug-likeness (QED) is 0.878. The van der Waals surface area contributed by atoms with Crippen LogP contribution < -0.4 is 5.32 Å². The predicted molar refractivity (Wildman–Crippen MR) is 105 cm³/mol. The van der Waals surface area contributed by atoms with Gasteiger partial charge in [0.05, 0.1) is 6.54 Å². The van der Waals surface area contributed by atoms with E-state index >= 15 is 0 Å². The molecule has 2 rings (SSSR count). The molecule has 0 aromatic heterocycles. The Kier molecular flexibility index (Phi) is 6.63. The predicted octanol–water partition coefficient (Wildman–Crippen LogP) is 2.04. The number of rotatable bonds is 4. The first-order chi connectivity index (χ1) is 12.6. The summed E-state index contributed by atoms with van der Waals surface area (Å²) in [5, 5.41) is 2.70. The number of carbonyl (C=O) groups is 3. The Hall–Kier alpha value is -2.37. The highest BCUT2D eigenvalue weighted by Crippen LogP contribution is 2.22. The summed E-state index contributed by atoms with van der Waals surface area (Å²) in [6.45, 7) is 12.2. The zero-order valence-corrected chi connectivity index (χ0v) is 17.0. The smallest absolute Gasteiger partial charge is 0.251 e. The Morgan fingerprint density at radius 3 is 1.96 bits per heavy atom. The number of hydrogen-bond acceptors (Lipinski definition) is 3. The highest BCUT2D eigenvalue weighted by Gasteiger charge is 2.25. The highest BCUT2D eigenvalue weighted by molar-refractivity contribution is 5.96. The molecule has 1 fully saturated rings. The molecule has 1 aromatic carbocycles. The summed E-state index contributed by atoms with van der Waals surface area (Å²) in [6, 6.07) is 7.47. The van der Waals surface area contributed by atoms with E-state index in [0.29, 0.717) is 31.7 Å². The van der Waals surface area contributed by atoms with Crippen molar-refractivity contribution < 1.29 is 14.4 Å². The Labute approximate surface area is 161 Å². The van der Waals surface area contributed by atoms with Gasteiger partial charge in [0.2, 0.25) is 11.8 Å². The summed E-state index contributed by atoms with van der Waals surface area (Å²) in [6.07, 6.45) is 0. The summed E-state index contributed by atoms with van der Waals surface area (Å²) in [4.78, 5) is 40.1. The van der Waals surface area contributed by atoms with Crippen LogP contribution in [0.1, 0.15) is 50.5 Å². The molecule has 1 aromatic rings. The van der Waals surface area contributed by atoms with Crippen molar-refractivity contribution in [3.05, 3.63) is 35.4 Å². The van der Waals surface area contributed by atoms with Gasteiger partial charge in [0, 0.05) is 37.7 Å². The SMILES string of the molecule is CC(C)C(=O)N1CCN(C(=O)CNC(=O)c2ccc(C(C)(C)C)cc2)CC1. The number of nitrogens with one attached hydrogen (secondary N) is 1. The zero-order chi connectivity index (χ0) is 20.2. The van der Waals surface area contributed by atoms with Crippen molar-refractivity contribution in [2.24, 2.45) is 5.92 Å². The molecule has 6 nitrogen and oxygen atoms in total. The van der Waals surface area contributed by atoms with E-state index in [1.165, 1.54) is 0 Å². The molecular formula is C21H31N3O3. The largest absolute Gasteiger partial charge is 0.343 e. The number of nitrogens with zero attached hydrogens (tertiary/aromatic N) is 2. The van der Waals surface area contributed by atoms with E-state index < -0.39 is 0 Å². The van der Waals surface area contributed by atoms with E-state index in [-0.39, 0.29) is 35.6 Å². The maximum absolute atomic E-state index is 12.3. The van der Waals surface area contributed by atoms with Crippen molar-refractivity contribution in [3.8, 4) is 0 Å². The number of hydrogen-bond donors (Lipinski definition) is 1. The molecule has 0 atom stereocenters. The van der Waals surface area contributed by atoms with E-state index in [2.05, 4.69) is 26.1 Å². The zero-order valence-electron chi connectivity index (χ0n) is 17.0. The van der Waals surface area contributed by atoms with Crippen LogP contribution in [0.25, 0.3) is 0 Å². The molecule has 1 saturated heterocycles. The second-order valence-corrected chi connectivity index (χ2v) is 8.37. The van der Waals surface area contributed by atoms with Crippen LogP contribution in [0.15, 0.2) is 24.3 Å². The van der Waals surface area contributed by atoms with E-state index in [0.717, 1.165) is 5.56 Å². The molecule has 0 bridgehead atoms. The first kappa shape index (κ1) is 20.9. The molecule has 0 unspecified atom stereocenters. The molecule has 27 heavy (non-hydrogen) atoms. The maximum Gasteiger partial charge on any atom is 0.251 e. The molecule has 0 radical (unpaired) electrons. The van der Waals surface area contributed by atoms with Crippen molar-refractivity contribution in [1.82, 2.24) is 15.1 Å². The van der Waals surface area contributed by atoms with Crippen molar-refractivity contribution in [1.29, 1.82) is 0 Å². The standard InChI is InChI=1S/C21H31N3O3/c1-15(2)20(27)24-12-10-23(11-13-24)18(25)14-22-19(26)16-6-8-17(9-7-16)21(3,4)5/h6-9,15H,10-14H2,1-5H3,(H,22,26). The molecule has 1 heterocycles. The Balaban J connectivity index is 1.82. The number of carbonyl (C=O) groups excluding carboxylic acids is 3. The topological polar surface area (TPSA) is 69.7 Å². The fourth-order valence-electron chi connectivity index (χ4n) is 3.03. The lowest BCUT2D eigenvalue weighted by atomic mass is 9.87. The van der Waals surface area contributed by atoms with Gasteiger partial charge in [-0.1, -0.05) is 46.8 Å². The van der Waals surface area contributed by atoms with Gasteiger partial charge in [0.25, 0.3) is 5.91 Å². The van der Waals surface area contributed by atoms with Crippen LogP contribution >= 0.6 is 0 Å². The van der Waals surface area contributed by atoms with E-state index in [9.17, 15) is 14.4 Å². The van der Waals surface area contributed by atoms with Crippen molar-refractivity contribution >= 4 is 17.7 Å². The minimum atomic E-state index is -0.252. The van der Waals surface area contributed by atoms with E-state index in [1.54, 1.807) is 21.9 Å². The molecule has 148 valence electrons. The lowest BCUT2D eigenvalue weighted by Gasteiger charge is -2.35. The lowest BCUT2D eigenvalue weighted by Crippen LogP contribution is -2.53. The third-order valence-electron chi connectivity index (χ3n) is 4.85. The van der Waals surface area contributed by atoms with Gasteiger partial charge in [-0.15, -0.1) is 0 Å². The molecule has 1 aliphatic heterocycles. The van der Waals surface area contributed by atoms with Crippen LogP contribution in [0.2, 0.25) is 0 Å². The maximum atomic E-state index is 12.3. The first-order valence-corrected chi connectivity index (χ1v) is 9.55. The van der Waals surface area contributed by atoms with Gasteiger partial charge < -0.3 is 15.1 Å². The number of piperazine rings is 1. The van der Waals surface area contributed by atoms with Gasteiger partial charge in [0.1, 0.15) is 0 Å². The highest BCUT2D eigenvalue weighted by atomic mass is 16.2. The summed E-state index contributed by atoms with van der Waals surface area (Å²) in [5.41, 5.74) is 1.73. The molecule has 3 amide bonds. The van der Waals surface area contributed by atoms with Gasteiger partial charge in [-0.2, -0.15) is 0 Å². The van der Waals surface area contributed by atoms with E-state index in [1.807, 2.05) is 26.0 Å². The van der Waals surface area contributed by atoms with Crippen molar-refractivity contribution in [3.63, 3.8) is 0 Å². The fourth-order valence-corrected chi connectivity index (χ4v) is 3.03. The third kappa shape index (κ3) is 5.55. The molecule has 1 N–H and O–H groups in total. The van der Waals surface area contributed by atoms with Crippen LogP contribution in [0, 0.1) is 5.92 Å². The van der Waals surface area contributed by atoms with Crippen molar-refractivity contribution in [2.75, 3.05) is 32.7 Å². The summed E-state index contributed by atoms with van der Waals surface area (Å²) in [7, 11) is 0. The summed E-state index contributed by atoms with van der Waals surface area (Å²) < 4.78 is 0. The minimum Gasteiger partial charge on any atom is -0.343 e. The lowest BCUT2D eigenvalue weighted by molar-refractivity contribution is -0.140.